The second kappa shape index (κ2) is 8.87. The summed E-state index contributed by atoms with van der Waals surface area (Å²) < 4.78 is 7.02. The molecule has 1 N–H and O–H groups in total. The number of pyridine rings is 1. The van der Waals surface area contributed by atoms with Crippen LogP contribution in [0.2, 0.25) is 0 Å². The normalized spacial score (nSPS) is 17.5. The van der Waals surface area contributed by atoms with Crippen molar-refractivity contribution in [3.8, 4) is 17.0 Å². The summed E-state index contributed by atoms with van der Waals surface area (Å²) in [6.07, 6.45) is 5.07. The SMILES string of the molecule is Cc1cc(OCCCC2CCCNC2)cc(C)c1-c1cccc([As])n1. The van der Waals surface area contributed by atoms with E-state index in [-0.39, 0.29) is 0 Å². The van der Waals surface area contributed by atoms with Gasteiger partial charge in [0.25, 0.3) is 0 Å². The quantitative estimate of drug-likeness (QED) is 0.599. The van der Waals surface area contributed by atoms with Crippen molar-refractivity contribution < 1.29 is 4.74 Å². The van der Waals surface area contributed by atoms with Crippen LogP contribution in [0.15, 0.2) is 30.3 Å². The van der Waals surface area contributed by atoms with Crippen molar-refractivity contribution in [1.29, 1.82) is 0 Å². The molecule has 1 saturated heterocycles. The van der Waals surface area contributed by atoms with Gasteiger partial charge in [-0.15, -0.1) is 0 Å². The van der Waals surface area contributed by atoms with Gasteiger partial charge < -0.3 is 5.32 Å². The summed E-state index contributed by atoms with van der Waals surface area (Å²) >= 11 is 2.51. The number of benzene rings is 1. The molecule has 3 rings (SSSR count). The van der Waals surface area contributed by atoms with Gasteiger partial charge in [0.2, 0.25) is 0 Å². The van der Waals surface area contributed by atoms with E-state index in [0.29, 0.717) is 0 Å². The number of hydrogen-bond donors (Lipinski definition) is 1. The van der Waals surface area contributed by atoms with Gasteiger partial charge in [-0.3, -0.25) is 0 Å². The van der Waals surface area contributed by atoms with E-state index >= 15 is 0 Å². The summed E-state index contributed by atoms with van der Waals surface area (Å²) in [6, 6.07) is 10.4. The zero-order chi connectivity index (χ0) is 17.6. The molecule has 132 valence electrons. The van der Waals surface area contributed by atoms with Gasteiger partial charge in [-0.25, -0.2) is 0 Å². The number of ether oxygens (including phenoxy) is 1. The van der Waals surface area contributed by atoms with Crippen molar-refractivity contribution in [1.82, 2.24) is 10.3 Å². The Morgan fingerprint density at radius 2 is 2.04 bits per heavy atom. The Labute approximate surface area is 160 Å². The number of piperidine rings is 1. The zero-order valence-corrected chi connectivity index (χ0v) is 17.1. The second-order valence-electron chi connectivity index (χ2n) is 7.02. The maximum absolute atomic E-state index is 6.03. The Hall–Kier alpha value is -1.31. The van der Waals surface area contributed by atoms with Crippen LogP contribution < -0.4 is 14.5 Å². The fraction of sp³-hybridized carbons (Fsp3) is 0.476. The Morgan fingerprint density at radius 1 is 1.24 bits per heavy atom. The molecule has 4 heteroatoms. The topological polar surface area (TPSA) is 34.1 Å². The molecule has 2 aromatic rings. The van der Waals surface area contributed by atoms with Gasteiger partial charge in [-0.2, -0.15) is 0 Å². The van der Waals surface area contributed by atoms with Gasteiger partial charge in [0, 0.05) is 0 Å². The molecule has 1 aromatic heterocycles. The van der Waals surface area contributed by atoms with Crippen LogP contribution in [0.5, 0.6) is 5.75 Å². The molecule has 2 heterocycles. The summed E-state index contributed by atoms with van der Waals surface area (Å²) in [5.74, 6) is 1.80. The molecule has 0 spiro atoms. The standard InChI is InChI=1S/C21H27AsN2O/c1-15-12-18(25-11-5-7-17-6-4-10-23-14-17)13-16(2)21(15)19-8-3-9-20(22)24-19/h3,8-9,12-13,17,23H,4-7,10-11,14H2,1-2H3. The molecule has 1 aliphatic heterocycles. The molecule has 0 saturated carbocycles. The summed E-state index contributed by atoms with van der Waals surface area (Å²) in [6.45, 7) is 7.44. The predicted molar refractivity (Wildman–Crippen MR) is 105 cm³/mol. The van der Waals surface area contributed by atoms with E-state index in [9.17, 15) is 0 Å². The van der Waals surface area contributed by atoms with Crippen molar-refractivity contribution in [2.24, 2.45) is 5.92 Å². The fourth-order valence-corrected chi connectivity index (χ4v) is 4.11. The Kier molecular flexibility index (Phi) is 6.56. The van der Waals surface area contributed by atoms with Crippen LogP contribution in [-0.4, -0.2) is 41.5 Å². The summed E-state index contributed by atoms with van der Waals surface area (Å²) in [4.78, 5) is 4.65. The number of aryl methyl sites for hydroxylation is 2. The molecular formula is C21H27AsN2O. The maximum atomic E-state index is 6.03. The number of aromatic nitrogens is 1. The van der Waals surface area contributed by atoms with Crippen LogP contribution in [0.3, 0.4) is 0 Å². The van der Waals surface area contributed by atoms with Gasteiger partial charge in [-0.1, -0.05) is 0 Å². The van der Waals surface area contributed by atoms with E-state index in [1.807, 2.05) is 6.07 Å². The number of hydrogen-bond acceptors (Lipinski definition) is 3. The van der Waals surface area contributed by atoms with E-state index in [1.165, 1.54) is 49.0 Å². The van der Waals surface area contributed by atoms with Gasteiger partial charge in [0.15, 0.2) is 0 Å². The van der Waals surface area contributed by atoms with Crippen LogP contribution in [0.25, 0.3) is 11.3 Å². The van der Waals surface area contributed by atoms with Crippen LogP contribution >= 0.6 is 0 Å². The Morgan fingerprint density at radius 3 is 2.72 bits per heavy atom. The minimum absolute atomic E-state index is 0.800. The van der Waals surface area contributed by atoms with E-state index in [4.69, 9.17) is 4.74 Å². The first-order valence-corrected chi connectivity index (χ1v) is 10.2. The number of nitrogens with one attached hydrogen (secondary N) is 1. The molecule has 1 unspecified atom stereocenters. The van der Waals surface area contributed by atoms with Gasteiger partial charge in [-0.05, 0) is 25.9 Å². The van der Waals surface area contributed by atoms with Gasteiger partial charge >= 0.3 is 129 Å². The molecule has 0 aliphatic carbocycles. The molecule has 3 nitrogen and oxygen atoms in total. The first-order chi connectivity index (χ1) is 12.1. The molecule has 0 amide bonds. The van der Waals surface area contributed by atoms with Crippen LogP contribution in [-0.2, 0) is 0 Å². The summed E-state index contributed by atoms with van der Waals surface area (Å²) in [7, 11) is 0. The van der Waals surface area contributed by atoms with Crippen molar-refractivity contribution in [2.45, 2.75) is 39.5 Å². The van der Waals surface area contributed by atoms with Crippen LogP contribution in [0.4, 0.5) is 0 Å². The van der Waals surface area contributed by atoms with Crippen molar-refractivity contribution in [3.63, 3.8) is 0 Å². The third kappa shape index (κ3) is 5.09. The number of rotatable bonds is 6. The van der Waals surface area contributed by atoms with E-state index in [0.717, 1.165) is 34.9 Å². The number of nitrogens with zero attached hydrogens (tertiary/aromatic N) is 1. The van der Waals surface area contributed by atoms with Crippen molar-refractivity contribution >= 4 is 21.3 Å². The average Bonchev–Trinajstić information content (AvgIpc) is 2.59. The molecule has 1 fully saturated rings. The molecule has 1 atom stereocenters. The Bertz CT molecular complexity index is 688. The molecule has 1 aliphatic rings. The van der Waals surface area contributed by atoms with Crippen LogP contribution in [0.1, 0.15) is 36.8 Å². The van der Waals surface area contributed by atoms with Gasteiger partial charge in [0.1, 0.15) is 0 Å². The predicted octanol–water partition coefficient (Wildman–Crippen LogP) is 3.32. The molecule has 0 bridgehead atoms. The van der Waals surface area contributed by atoms with E-state index in [2.05, 4.69) is 65.3 Å². The van der Waals surface area contributed by atoms with Gasteiger partial charge in [0.05, 0.1) is 0 Å². The fourth-order valence-electron chi connectivity index (χ4n) is 3.71. The third-order valence-electron chi connectivity index (χ3n) is 4.92. The van der Waals surface area contributed by atoms with Crippen LogP contribution in [0, 0.1) is 19.8 Å². The van der Waals surface area contributed by atoms with E-state index in [1.54, 1.807) is 0 Å². The molecule has 1 aromatic carbocycles. The third-order valence-corrected chi connectivity index (χ3v) is 5.44. The first-order valence-electron chi connectivity index (χ1n) is 9.24. The zero-order valence-electron chi connectivity index (χ0n) is 15.2. The molecule has 2 radical (unpaired) electrons. The molecule has 25 heavy (non-hydrogen) atoms. The minimum atomic E-state index is 0.800. The summed E-state index contributed by atoms with van der Waals surface area (Å²) in [5, 5.41) is 3.49. The van der Waals surface area contributed by atoms with E-state index < -0.39 is 0 Å². The monoisotopic (exact) mass is 398 g/mol. The molecular weight excluding hydrogens is 371 g/mol. The summed E-state index contributed by atoms with van der Waals surface area (Å²) in [5.41, 5.74) is 4.69. The second-order valence-corrected chi connectivity index (χ2v) is 7.98. The van der Waals surface area contributed by atoms with Crippen molar-refractivity contribution in [2.75, 3.05) is 19.7 Å². The Balaban J connectivity index is 1.60. The van der Waals surface area contributed by atoms with Crippen molar-refractivity contribution in [3.05, 3.63) is 41.5 Å². The first kappa shape index (κ1) is 18.5. The average molecular weight is 398 g/mol.